The van der Waals surface area contributed by atoms with Gasteiger partial charge in [0, 0.05) is 23.2 Å². The van der Waals surface area contributed by atoms with E-state index in [-0.39, 0.29) is 11.9 Å². The Morgan fingerprint density at radius 2 is 2.26 bits per heavy atom. The van der Waals surface area contributed by atoms with Crippen LogP contribution in [0.25, 0.3) is 0 Å². The van der Waals surface area contributed by atoms with Crippen LogP contribution < -0.4 is 10.6 Å². The van der Waals surface area contributed by atoms with E-state index >= 15 is 0 Å². The van der Waals surface area contributed by atoms with Crippen LogP contribution >= 0.6 is 15.9 Å². The molecule has 0 bridgehead atoms. The van der Waals surface area contributed by atoms with Gasteiger partial charge >= 0.3 is 6.03 Å². The van der Waals surface area contributed by atoms with Crippen LogP contribution in [-0.2, 0) is 4.79 Å². The molecule has 5 nitrogen and oxygen atoms in total. The van der Waals surface area contributed by atoms with E-state index in [1.165, 1.54) is 4.90 Å². The monoisotopic (exact) mass is 325 g/mol. The molecule has 2 N–H and O–H groups in total. The summed E-state index contributed by atoms with van der Waals surface area (Å²) in [6.07, 6.45) is 0. The zero-order valence-corrected chi connectivity index (χ0v) is 12.5. The van der Waals surface area contributed by atoms with E-state index in [1.807, 2.05) is 25.1 Å². The summed E-state index contributed by atoms with van der Waals surface area (Å²) in [6, 6.07) is 5.02. The summed E-state index contributed by atoms with van der Waals surface area (Å²) in [5.41, 5.74) is 1.95. The number of hydrogen-bond acceptors (Lipinski definition) is 3. The second-order valence-electron chi connectivity index (χ2n) is 4.55. The lowest BCUT2D eigenvalue weighted by atomic mass is 10.2. The highest BCUT2D eigenvalue weighted by Crippen LogP contribution is 2.20. The maximum absolute atomic E-state index is 12.1. The van der Waals surface area contributed by atoms with Gasteiger partial charge in [0.2, 0.25) is 0 Å². The Labute approximate surface area is 120 Å². The van der Waals surface area contributed by atoms with E-state index in [2.05, 4.69) is 26.6 Å². The first-order valence-electron chi connectivity index (χ1n) is 6.11. The number of anilines is 1. The highest BCUT2D eigenvalue weighted by atomic mass is 79.9. The standard InChI is InChI=1S/C13H16BrN3O2/c1-8-7-10(3-4-11(8)14)16-9(2)12(18)17-6-5-15-13(17)19/h3-4,7,9,16H,5-6H2,1-2H3,(H,15,19). The van der Waals surface area contributed by atoms with Gasteiger partial charge in [-0.2, -0.15) is 0 Å². The van der Waals surface area contributed by atoms with Crippen LogP contribution in [0, 0.1) is 6.92 Å². The van der Waals surface area contributed by atoms with Gasteiger partial charge in [-0.1, -0.05) is 15.9 Å². The number of carbonyl (C=O) groups excluding carboxylic acids is 2. The number of rotatable bonds is 3. The van der Waals surface area contributed by atoms with E-state index in [1.54, 1.807) is 6.92 Å². The average molecular weight is 326 g/mol. The largest absolute Gasteiger partial charge is 0.374 e. The van der Waals surface area contributed by atoms with Gasteiger partial charge in [-0.05, 0) is 37.6 Å². The van der Waals surface area contributed by atoms with Gasteiger partial charge in [-0.3, -0.25) is 9.69 Å². The number of aryl methyl sites for hydroxylation is 1. The Kier molecular flexibility index (Phi) is 4.09. The van der Waals surface area contributed by atoms with Gasteiger partial charge < -0.3 is 10.6 Å². The van der Waals surface area contributed by atoms with E-state index < -0.39 is 6.04 Å². The molecular weight excluding hydrogens is 310 g/mol. The highest BCUT2D eigenvalue weighted by molar-refractivity contribution is 9.10. The van der Waals surface area contributed by atoms with Crippen molar-refractivity contribution < 1.29 is 9.59 Å². The van der Waals surface area contributed by atoms with Crippen molar-refractivity contribution in [3.05, 3.63) is 28.2 Å². The molecule has 0 saturated carbocycles. The van der Waals surface area contributed by atoms with Crippen molar-refractivity contribution >= 4 is 33.6 Å². The third-order valence-corrected chi connectivity index (χ3v) is 3.92. The Morgan fingerprint density at radius 3 is 2.84 bits per heavy atom. The molecule has 1 aromatic rings. The number of nitrogens with zero attached hydrogens (tertiary/aromatic N) is 1. The summed E-state index contributed by atoms with van der Waals surface area (Å²) < 4.78 is 1.02. The number of nitrogens with one attached hydrogen (secondary N) is 2. The summed E-state index contributed by atoms with van der Waals surface area (Å²) in [5, 5.41) is 5.73. The summed E-state index contributed by atoms with van der Waals surface area (Å²) in [6.45, 7) is 4.69. The van der Waals surface area contributed by atoms with Crippen LogP contribution in [0.1, 0.15) is 12.5 Å². The fourth-order valence-electron chi connectivity index (χ4n) is 1.96. The Bertz CT molecular complexity index is 519. The number of urea groups is 1. The third-order valence-electron chi connectivity index (χ3n) is 3.03. The summed E-state index contributed by atoms with van der Waals surface area (Å²) >= 11 is 3.43. The second kappa shape index (κ2) is 5.61. The van der Waals surface area contributed by atoms with E-state index in [0.29, 0.717) is 13.1 Å². The van der Waals surface area contributed by atoms with E-state index in [4.69, 9.17) is 0 Å². The molecule has 0 spiro atoms. The van der Waals surface area contributed by atoms with Gasteiger partial charge in [-0.25, -0.2) is 4.79 Å². The lowest BCUT2D eigenvalue weighted by Gasteiger charge is -2.20. The Balaban J connectivity index is 2.03. The Morgan fingerprint density at radius 1 is 1.53 bits per heavy atom. The molecule has 0 aromatic heterocycles. The number of carbonyl (C=O) groups is 2. The molecule has 19 heavy (non-hydrogen) atoms. The molecule has 1 heterocycles. The SMILES string of the molecule is Cc1cc(NC(C)C(=O)N2CCNC2=O)ccc1Br. The smallest absolute Gasteiger partial charge is 0.324 e. The van der Waals surface area contributed by atoms with Crippen LogP contribution in [0.2, 0.25) is 0 Å². The minimum absolute atomic E-state index is 0.212. The zero-order chi connectivity index (χ0) is 14.0. The first kappa shape index (κ1) is 13.9. The number of hydrogen-bond donors (Lipinski definition) is 2. The summed E-state index contributed by atoms with van der Waals surface area (Å²) in [4.78, 5) is 24.8. The number of halogens is 1. The maximum Gasteiger partial charge on any atom is 0.324 e. The predicted octanol–water partition coefficient (Wildman–Crippen LogP) is 2.11. The van der Waals surface area contributed by atoms with Crippen molar-refractivity contribution in [2.45, 2.75) is 19.9 Å². The fraction of sp³-hybridized carbons (Fsp3) is 0.385. The van der Waals surface area contributed by atoms with E-state index in [9.17, 15) is 9.59 Å². The van der Waals surface area contributed by atoms with Gasteiger partial charge in [0.15, 0.2) is 0 Å². The lowest BCUT2D eigenvalue weighted by molar-refractivity contribution is -0.128. The minimum atomic E-state index is -0.440. The summed E-state index contributed by atoms with van der Waals surface area (Å²) in [5.74, 6) is -0.212. The predicted molar refractivity (Wildman–Crippen MR) is 77.1 cm³/mol. The quantitative estimate of drug-likeness (QED) is 0.894. The van der Waals surface area contributed by atoms with Crippen molar-refractivity contribution in [2.24, 2.45) is 0 Å². The first-order chi connectivity index (χ1) is 8.99. The second-order valence-corrected chi connectivity index (χ2v) is 5.41. The fourth-order valence-corrected chi connectivity index (χ4v) is 2.21. The summed E-state index contributed by atoms with van der Waals surface area (Å²) in [7, 11) is 0. The van der Waals surface area contributed by atoms with Crippen molar-refractivity contribution in [3.8, 4) is 0 Å². The molecule has 2 rings (SSSR count). The van der Waals surface area contributed by atoms with Crippen LogP contribution in [0.3, 0.4) is 0 Å². The van der Waals surface area contributed by atoms with Crippen molar-refractivity contribution in [1.29, 1.82) is 0 Å². The molecule has 1 aliphatic rings. The van der Waals surface area contributed by atoms with Crippen LogP contribution in [0.5, 0.6) is 0 Å². The lowest BCUT2D eigenvalue weighted by Crippen LogP contribution is -2.43. The molecule has 1 aliphatic heterocycles. The molecular formula is C13H16BrN3O2. The van der Waals surface area contributed by atoms with Crippen LogP contribution in [0.15, 0.2) is 22.7 Å². The molecule has 1 saturated heterocycles. The molecule has 0 aliphatic carbocycles. The van der Waals surface area contributed by atoms with Gasteiger partial charge in [-0.15, -0.1) is 0 Å². The van der Waals surface area contributed by atoms with Crippen molar-refractivity contribution in [1.82, 2.24) is 10.2 Å². The van der Waals surface area contributed by atoms with Gasteiger partial charge in [0.05, 0.1) is 0 Å². The van der Waals surface area contributed by atoms with Crippen LogP contribution in [0.4, 0.5) is 10.5 Å². The molecule has 1 atom stereocenters. The molecule has 1 unspecified atom stereocenters. The minimum Gasteiger partial charge on any atom is -0.374 e. The molecule has 6 heteroatoms. The molecule has 1 aromatic carbocycles. The molecule has 102 valence electrons. The zero-order valence-electron chi connectivity index (χ0n) is 10.9. The maximum atomic E-state index is 12.1. The molecule has 1 fully saturated rings. The number of benzene rings is 1. The van der Waals surface area contributed by atoms with Crippen molar-refractivity contribution in [3.63, 3.8) is 0 Å². The number of imide groups is 1. The van der Waals surface area contributed by atoms with Crippen LogP contribution in [-0.4, -0.2) is 36.0 Å². The van der Waals surface area contributed by atoms with E-state index in [0.717, 1.165) is 15.7 Å². The molecule has 3 amide bonds. The number of amides is 3. The highest BCUT2D eigenvalue weighted by Gasteiger charge is 2.29. The molecule has 0 radical (unpaired) electrons. The Hall–Kier alpha value is -1.56. The van der Waals surface area contributed by atoms with Crippen molar-refractivity contribution in [2.75, 3.05) is 18.4 Å². The topological polar surface area (TPSA) is 61.4 Å². The normalized spacial score (nSPS) is 16.2. The van der Waals surface area contributed by atoms with Gasteiger partial charge in [0.1, 0.15) is 6.04 Å². The third kappa shape index (κ3) is 3.07. The van der Waals surface area contributed by atoms with Gasteiger partial charge in [0.25, 0.3) is 5.91 Å². The first-order valence-corrected chi connectivity index (χ1v) is 6.90. The average Bonchev–Trinajstić information content (AvgIpc) is 2.79.